The zero-order valence-corrected chi connectivity index (χ0v) is 10.8. The first kappa shape index (κ1) is 14.1. The summed E-state index contributed by atoms with van der Waals surface area (Å²) in [6.07, 6.45) is 0. The number of methoxy groups -OCH3 is 2. The molecule has 0 radical (unpaired) electrons. The monoisotopic (exact) mass is 230 g/mol. The molecule has 0 amide bonds. The van der Waals surface area contributed by atoms with Crippen LogP contribution in [0.4, 0.5) is 0 Å². The summed E-state index contributed by atoms with van der Waals surface area (Å²) >= 11 is 5.73. The average molecular weight is 231 g/mol. The van der Waals surface area contributed by atoms with Gasteiger partial charge in [0, 0.05) is 5.88 Å². The molecule has 0 N–H and O–H groups in total. The summed E-state index contributed by atoms with van der Waals surface area (Å²) in [5.41, 5.74) is 2.08. The van der Waals surface area contributed by atoms with E-state index in [1.807, 2.05) is 32.9 Å². The Kier molecular flexibility index (Phi) is 6.97. The molecule has 0 heterocycles. The predicted molar refractivity (Wildman–Crippen MR) is 65.2 cm³/mol. The van der Waals surface area contributed by atoms with E-state index in [-0.39, 0.29) is 0 Å². The minimum absolute atomic E-state index is 0.487. The van der Waals surface area contributed by atoms with E-state index in [1.54, 1.807) is 14.2 Å². The summed E-state index contributed by atoms with van der Waals surface area (Å²) in [6.45, 7) is 5.97. The number of alkyl halides is 1. The third-order valence-corrected chi connectivity index (χ3v) is 2.19. The number of hydrogen-bond acceptors (Lipinski definition) is 2. The quantitative estimate of drug-likeness (QED) is 0.736. The topological polar surface area (TPSA) is 18.5 Å². The lowest BCUT2D eigenvalue weighted by Crippen LogP contribution is -1.94. The molecule has 0 aromatic heterocycles. The van der Waals surface area contributed by atoms with Crippen LogP contribution >= 0.6 is 11.6 Å². The second kappa shape index (κ2) is 7.41. The maximum atomic E-state index is 5.73. The molecule has 0 bridgehead atoms. The average Bonchev–Trinajstić information content (AvgIpc) is 2.30. The van der Waals surface area contributed by atoms with Crippen LogP contribution in [0.3, 0.4) is 0 Å². The number of ether oxygens (including phenoxy) is 2. The molecule has 0 unspecified atom stereocenters. The number of aryl methyl sites for hydroxylation is 1. The summed E-state index contributed by atoms with van der Waals surface area (Å²) < 4.78 is 10.4. The molecular formula is C12H19ClO2. The van der Waals surface area contributed by atoms with E-state index in [0.29, 0.717) is 5.88 Å². The number of halogens is 1. The second-order valence-electron chi connectivity index (χ2n) is 2.78. The van der Waals surface area contributed by atoms with E-state index < -0.39 is 0 Å². The molecule has 0 aliphatic heterocycles. The van der Waals surface area contributed by atoms with Crippen LogP contribution < -0.4 is 9.47 Å². The van der Waals surface area contributed by atoms with Gasteiger partial charge in [0.2, 0.25) is 0 Å². The Balaban J connectivity index is 0.000000921. The van der Waals surface area contributed by atoms with Gasteiger partial charge in [-0.05, 0) is 24.1 Å². The standard InChI is InChI=1S/C10H13ClO2.C2H6/c1-7-4-8(6-11)5-9(12-2)10(7)13-3;1-2/h4-5H,6H2,1-3H3;1-2H3. The van der Waals surface area contributed by atoms with Crippen molar-refractivity contribution < 1.29 is 9.47 Å². The third kappa shape index (κ3) is 3.63. The van der Waals surface area contributed by atoms with Crippen LogP contribution in [0.25, 0.3) is 0 Å². The van der Waals surface area contributed by atoms with E-state index in [1.165, 1.54) is 0 Å². The van der Waals surface area contributed by atoms with Crippen LogP contribution in [0.1, 0.15) is 25.0 Å². The van der Waals surface area contributed by atoms with Crippen LogP contribution in [-0.2, 0) is 5.88 Å². The largest absolute Gasteiger partial charge is 0.493 e. The van der Waals surface area contributed by atoms with Crippen molar-refractivity contribution in [1.29, 1.82) is 0 Å². The van der Waals surface area contributed by atoms with Gasteiger partial charge in [0.05, 0.1) is 14.2 Å². The molecule has 3 heteroatoms. The normalized spacial score (nSPS) is 8.93. The molecule has 0 saturated heterocycles. The van der Waals surface area contributed by atoms with Crippen molar-refractivity contribution >= 4 is 11.6 Å². The van der Waals surface area contributed by atoms with Crippen LogP contribution in [0, 0.1) is 6.92 Å². The predicted octanol–water partition coefficient (Wildman–Crippen LogP) is 3.78. The van der Waals surface area contributed by atoms with Gasteiger partial charge in [0.25, 0.3) is 0 Å². The Morgan fingerprint density at radius 3 is 2.13 bits per heavy atom. The first-order valence-corrected chi connectivity index (χ1v) is 5.53. The van der Waals surface area contributed by atoms with Crippen LogP contribution in [0.15, 0.2) is 12.1 Å². The van der Waals surface area contributed by atoms with E-state index >= 15 is 0 Å². The van der Waals surface area contributed by atoms with Gasteiger partial charge < -0.3 is 9.47 Å². The Bertz CT molecular complexity index is 298. The molecule has 15 heavy (non-hydrogen) atoms. The maximum absolute atomic E-state index is 5.73. The number of rotatable bonds is 3. The molecule has 0 saturated carbocycles. The second-order valence-corrected chi connectivity index (χ2v) is 3.05. The summed E-state index contributed by atoms with van der Waals surface area (Å²) in [7, 11) is 3.25. The van der Waals surface area contributed by atoms with Gasteiger partial charge in [-0.1, -0.05) is 19.9 Å². The number of benzene rings is 1. The van der Waals surface area contributed by atoms with Crippen molar-refractivity contribution in [2.75, 3.05) is 14.2 Å². The zero-order valence-electron chi connectivity index (χ0n) is 10.1. The molecule has 1 aromatic carbocycles. The lowest BCUT2D eigenvalue weighted by Gasteiger charge is -2.11. The van der Waals surface area contributed by atoms with Crippen LogP contribution in [0.2, 0.25) is 0 Å². The Morgan fingerprint density at radius 1 is 1.13 bits per heavy atom. The van der Waals surface area contributed by atoms with Crippen molar-refractivity contribution in [2.24, 2.45) is 0 Å². The highest BCUT2D eigenvalue weighted by molar-refractivity contribution is 6.17. The zero-order chi connectivity index (χ0) is 11.8. The van der Waals surface area contributed by atoms with Gasteiger partial charge in [-0.2, -0.15) is 0 Å². The molecule has 0 aliphatic rings. The van der Waals surface area contributed by atoms with Gasteiger partial charge in [0.15, 0.2) is 11.5 Å². The number of hydrogen-bond donors (Lipinski definition) is 0. The summed E-state index contributed by atoms with van der Waals surface area (Å²) in [6, 6.07) is 3.88. The fourth-order valence-electron chi connectivity index (χ4n) is 1.30. The lowest BCUT2D eigenvalue weighted by atomic mass is 10.1. The fraction of sp³-hybridized carbons (Fsp3) is 0.500. The molecule has 1 rings (SSSR count). The van der Waals surface area contributed by atoms with Crippen molar-refractivity contribution in [3.8, 4) is 11.5 Å². The minimum atomic E-state index is 0.487. The SMILES string of the molecule is CC.COc1cc(CCl)cc(C)c1OC. The minimum Gasteiger partial charge on any atom is -0.493 e. The van der Waals surface area contributed by atoms with Gasteiger partial charge in [-0.15, -0.1) is 11.6 Å². The lowest BCUT2D eigenvalue weighted by molar-refractivity contribution is 0.352. The molecule has 0 fully saturated rings. The molecule has 1 aromatic rings. The van der Waals surface area contributed by atoms with Gasteiger partial charge in [-0.3, -0.25) is 0 Å². The Hall–Kier alpha value is -0.890. The van der Waals surface area contributed by atoms with Gasteiger partial charge in [0.1, 0.15) is 0 Å². The summed E-state index contributed by atoms with van der Waals surface area (Å²) in [5, 5.41) is 0. The smallest absolute Gasteiger partial charge is 0.163 e. The molecule has 0 aliphatic carbocycles. The molecule has 2 nitrogen and oxygen atoms in total. The van der Waals surface area contributed by atoms with E-state index in [4.69, 9.17) is 21.1 Å². The highest BCUT2D eigenvalue weighted by atomic mass is 35.5. The van der Waals surface area contributed by atoms with Crippen molar-refractivity contribution in [1.82, 2.24) is 0 Å². The molecular weight excluding hydrogens is 212 g/mol. The molecule has 86 valence electrons. The first-order chi connectivity index (χ1) is 7.22. The van der Waals surface area contributed by atoms with Crippen molar-refractivity contribution in [3.05, 3.63) is 23.3 Å². The Morgan fingerprint density at radius 2 is 1.73 bits per heavy atom. The van der Waals surface area contributed by atoms with E-state index in [2.05, 4.69) is 0 Å². The van der Waals surface area contributed by atoms with Crippen LogP contribution in [0.5, 0.6) is 11.5 Å². The van der Waals surface area contributed by atoms with Gasteiger partial charge in [-0.25, -0.2) is 0 Å². The van der Waals surface area contributed by atoms with Crippen molar-refractivity contribution in [2.45, 2.75) is 26.7 Å². The highest BCUT2D eigenvalue weighted by Gasteiger charge is 2.08. The van der Waals surface area contributed by atoms with E-state index in [9.17, 15) is 0 Å². The first-order valence-electron chi connectivity index (χ1n) is 5.00. The van der Waals surface area contributed by atoms with Crippen LogP contribution in [-0.4, -0.2) is 14.2 Å². The summed E-state index contributed by atoms with van der Waals surface area (Å²) in [5.74, 6) is 2.00. The van der Waals surface area contributed by atoms with E-state index in [0.717, 1.165) is 22.6 Å². The summed E-state index contributed by atoms with van der Waals surface area (Å²) in [4.78, 5) is 0. The Labute approximate surface area is 97.2 Å². The fourth-order valence-corrected chi connectivity index (χ4v) is 1.46. The maximum Gasteiger partial charge on any atom is 0.163 e. The highest BCUT2D eigenvalue weighted by Crippen LogP contribution is 2.32. The third-order valence-electron chi connectivity index (χ3n) is 1.88. The van der Waals surface area contributed by atoms with Gasteiger partial charge >= 0.3 is 0 Å². The van der Waals surface area contributed by atoms with Crippen molar-refractivity contribution in [3.63, 3.8) is 0 Å². The molecule has 0 spiro atoms. The molecule has 0 atom stereocenters.